The molecule has 1 heterocycles. The van der Waals surface area contributed by atoms with Crippen molar-refractivity contribution in [1.29, 1.82) is 0 Å². The summed E-state index contributed by atoms with van der Waals surface area (Å²) >= 11 is 0. The van der Waals surface area contributed by atoms with Crippen molar-refractivity contribution in [2.75, 3.05) is 18.4 Å². The molecule has 3 N–H and O–H groups in total. The summed E-state index contributed by atoms with van der Waals surface area (Å²) in [7, 11) is 0. The van der Waals surface area contributed by atoms with E-state index in [0.29, 0.717) is 12.2 Å². The van der Waals surface area contributed by atoms with E-state index < -0.39 is 0 Å². The predicted molar refractivity (Wildman–Crippen MR) is 73.4 cm³/mol. The normalized spacial score (nSPS) is 18.6. The average Bonchev–Trinajstić information content (AvgIpc) is 2.87. The van der Waals surface area contributed by atoms with Gasteiger partial charge in [0.05, 0.1) is 0 Å². The minimum Gasteiger partial charge on any atom is -0.330 e. The van der Waals surface area contributed by atoms with Crippen LogP contribution in [0.1, 0.15) is 25.7 Å². The highest BCUT2D eigenvalue weighted by Crippen LogP contribution is 2.22. The lowest BCUT2D eigenvalue weighted by Gasteiger charge is -2.25. The Bertz CT molecular complexity index is 421. The van der Waals surface area contributed by atoms with Crippen LogP contribution in [0.4, 0.5) is 14.9 Å². The largest absolute Gasteiger partial charge is 0.330 e. The van der Waals surface area contributed by atoms with E-state index in [4.69, 9.17) is 5.73 Å². The Morgan fingerprint density at radius 1 is 1.42 bits per heavy atom. The van der Waals surface area contributed by atoms with E-state index in [1.54, 1.807) is 12.1 Å². The van der Waals surface area contributed by atoms with Crippen molar-refractivity contribution < 1.29 is 9.18 Å². The molecule has 104 valence electrons. The number of nitrogens with one attached hydrogen (secondary N) is 1. The van der Waals surface area contributed by atoms with Crippen LogP contribution in [0.25, 0.3) is 0 Å². The molecule has 0 radical (unpaired) electrons. The molecule has 0 aromatic heterocycles. The molecule has 19 heavy (non-hydrogen) atoms. The maximum atomic E-state index is 12.8. The first-order valence-corrected chi connectivity index (χ1v) is 6.74. The molecule has 1 fully saturated rings. The van der Waals surface area contributed by atoms with Gasteiger partial charge in [0.15, 0.2) is 0 Å². The standard InChI is InChI=1S/C14H20FN3O/c15-11-5-7-12(8-6-11)17-14(19)18-10-2-4-13(18)3-1-9-16/h5-8,13H,1-4,9-10,16H2,(H,17,19). The van der Waals surface area contributed by atoms with E-state index >= 15 is 0 Å². The van der Waals surface area contributed by atoms with Crippen molar-refractivity contribution in [2.24, 2.45) is 5.73 Å². The average molecular weight is 265 g/mol. The van der Waals surface area contributed by atoms with Crippen molar-refractivity contribution in [3.05, 3.63) is 30.1 Å². The number of halogens is 1. The van der Waals surface area contributed by atoms with Crippen molar-refractivity contribution in [2.45, 2.75) is 31.7 Å². The predicted octanol–water partition coefficient (Wildman–Crippen LogP) is 2.56. The van der Waals surface area contributed by atoms with Crippen LogP contribution in [0.3, 0.4) is 0 Å². The van der Waals surface area contributed by atoms with Gasteiger partial charge in [-0.15, -0.1) is 0 Å². The van der Waals surface area contributed by atoms with Crippen molar-refractivity contribution in [1.82, 2.24) is 4.90 Å². The van der Waals surface area contributed by atoms with Gasteiger partial charge in [-0.3, -0.25) is 0 Å². The zero-order chi connectivity index (χ0) is 13.7. The molecule has 0 bridgehead atoms. The Labute approximate surface area is 112 Å². The second-order valence-corrected chi connectivity index (χ2v) is 4.86. The van der Waals surface area contributed by atoms with E-state index in [-0.39, 0.29) is 17.9 Å². The summed E-state index contributed by atoms with van der Waals surface area (Å²) in [5, 5.41) is 2.81. The van der Waals surface area contributed by atoms with Gasteiger partial charge in [-0.25, -0.2) is 9.18 Å². The minimum absolute atomic E-state index is 0.105. The summed E-state index contributed by atoms with van der Waals surface area (Å²) in [5.74, 6) is -0.306. The zero-order valence-electron chi connectivity index (χ0n) is 10.9. The van der Waals surface area contributed by atoms with Crippen LogP contribution in [0.5, 0.6) is 0 Å². The Balaban J connectivity index is 1.93. The number of urea groups is 1. The quantitative estimate of drug-likeness (QED) is 0.879. The molecule has 1 aromatic carbocycles. The Kier molecular flexibility index (Phi) is 4.74. The van der Waals surface area contributed by atoms with Crippen LogP contribution >= 0.6 is 0 Å². The number of likely N-dealkylation sites (tertiary alicyclic amines) is 1. The SMILES string of the molecule is NCCCC1CCCN1C(=O)Nc1ccc(F)cc1. The fourth-order valence-electron chi connectivity index (χ4n) is 2.49. The lowest BCUT2D eigenvalue weighted by Crippen LogP contribution is -2.38. The lowest BCUT2D eigenvalue weighted by atomic mass is 10.1. The summed E-state index contributed by atoms with van der Waals surface area (Å²) in [5.41, 5.74) is 6.13. The first-order chi connectivity index (χ1) is 9.20. The number of hydrogen-bond donors (Lipinski definition) is 2. The lowest BCUT2D eigenvalue weighted by molar-refractivity contribution is 0.203. The first kappa shape index (κ1) is 13.8. The van der Waals surface area contributed by atoms with Gasteiger partial charge in [0, 0.05) is 18.3 Å². The van der Waals surface area contributed by atoms with Crippen molar-refractivity contribution in [3.63, 3.8) is 0 Å². The smallest absolute Gasteiger partial charge is 0.322 e. The van der Waals surface area contributed by atoms with Crippen LogP contribution in [0.15, 0.2) is 24.3 Å². The molecule has 1 unspecified atom stereocenters. The second kappa shape index (κ2) is 6.52. The number of carbonyl (C=O) groups excluding carboxylic acids is 1. The number of nitrogens with zero attached hydrogens (tertiary/aromatic N) is 1. The molecule has 1 aliphatic rings. The minimum atomic E-state index is -0.306. The van der Waals surface area contributed by atoms with Gasteiger partial charge in [0.2, 0.25) is 0 Å². The molecule has 1 aromatic rings. The van der Waals surface area contributed by atoms with Gasteiger partial charge in [0.25, 0.3) is 0 Å². The Hall–Kier alpha value is -1.62. The highest BCUT2D eigenvalue weighted by atomic mass is 19.1. The van der Waals surface area contributed by atoms with E-state index in [9.17, 15) is 9.18 Å². The van der Waals surface area contributed by atoms with E-state index in [0.717, 1.165) is 32.2 Å². The first-order valence-electron chi connectivity index (χ1n) is 6.74. The topological polar surface area (TPSA) is 58.4 Å². The van der Waals surface area contributed by atoms with Crippen LogP contribution in [-0.2, 0) is 0 Å². The fraction of sp³-hybridized carbons (Fsp3) is 0.500. The van der Waals surface area contributed by atoms with E-state index in [2.05, 4.69) is 5.32 Å². The van der Waals surface area contributed by atoms with Gasteiger partial charge in [0.1, 0.15) is 5.82 Å². The number of anilines is 1. The number of carbonyl (C=O) groups is 1. The van der Waals surface area contributed by atoms with Crippen molar-refractivity contribution >= 4 is 11.7 Å². The number of hydrogen-bond acceptors (Lipinski definition) is 2. The molecule has 0 saturated carbocycles. The summed E-state index contributed by atoms with van der Waals surface area (Å²) in [6, 6.07) is 5.99. The van der Waals surface area contributed by atoms with Crippen molar-refractivity contribution in [3.8, 4) is 0 Å². The van der Waals surface area contributed by atoms with E-state index in [1.807, 2.05) is 4.90 Å². The second-order valence-electron chi connectivity index (χ2n) is 4.86. The van der Waals surface area contributed by atoms with Crippen LogP contribution in [0, 0.1) is 5.82 Å². The molecular weight excluding hydrogens is 245 g/mol. The van der Waals surface area contributed by atoms with Gasteiger partial charge in [-0.1, -0.05) is 0 Å². The van der Waals surface area contributed by atoms with Crippen LogP contribution in [-0.4, -0.2) is 30.1 Å². The number of nitrogens with two attached hydrogens (primary N) is 1. The van der Waals surface area contributed by atoms with Crippen LogP contribution < -0.4 is 11.1 Å². The fourth-order valence-corrected chi connectivity index (χ4v) is 2.49. The molecule has 1 aliphatic heterocycles. The maximum Gasteiger partial charge on any atom is 0.322 e. The molecule has 0 aliphatic carbocycles. The molecule has 1 atom stereocenters. The van der Waals surface area contributed by atoms with Crippen LogP contribution in [0.2, 0.25) is 0 Å². The van der Waals surface area contributed by atoms with Gasteiger partial charge < -0.3 is 16.0 Å². The molecule has 2 amide bonds. The summed E-state index contributed by atoms with van der Waals surface area (Å²) < 4.78 is 12.8. The maximum absolute atomic E-state index is 12.8. The third-order valence-corrected chi connectivity index (χ3v) is 3.47. The van der Waals surface area contributed by atoms with Gasteiger partial charge in [-0.05, 0) is 56.5 Å². The third-order valence-electron chi connectivity index (χ3n) is 3.47. The Morgan fingerprint density at radius 2 is 2.16 bits per heavy atom. The summed E-state index contributed by atoms with van der Waals surface area (Å²) in [6.07, 6.45) is 3.96. The van der Waals surface area contributed by atoms with E-state index in [1.165, 1.54) is 12.1 Å². The number of rotatable bonds is 4. The monoisotopic (exact) mass is 265 g/mol. The summed E-state index contributed by atoms with van der Waals surface area (Å²) in [4.78, 5) is 14.0. The zero-order valence-corrected chi connectivity index (χ0v) is 10.9. The third kappa shape index (κ3) is 3.67. The Morgan fingerprint density at radius 3 is 2.84 bits per heavy atom. The molecule has 2 rings (SSSR count). The van der Waals surface area contributed by atoms with Gasteiger partial charge in [-0.2, -0.15) is 0 Å². The molecule has 0 spiro atoms. The number of amides is 2. The highest BCUT2D eigenvalue weighted by molar-refractivity contribution is 5.89. The number of benzene rings is 1. The molecule has 5 heteroatoms. The highest BCUT2D eigenvalue weighted by Gasteiger charge is 2.28. The summed E-state index contributed by atoms with van der Waals surface area (Å²) in [6.45, 7) is 1.44. The molecule has 4 nitrogen and oxygen atoms in total. The van der Waals surface area contributed by atoms with Gasteiger partial charge >= 0.3 is 6.03 Å². The molecule has 1 saturated heterocycles. The molecular formula is C14H20FN3O.